The number of nitrogens with zero attached hydrogens (tertiary/aromatic N) is 2. The van der Waals surface area contributed by atoms with E-state index in [0.717, 1.165) is 23.7 Å². The zero-order chi connectivity index (χ0) is 28.0. The van der Waals surface area contributed by atoms with Gasteiger partial charge < -0.3 is 25.0 Å². The van der Waals surface area contributed by atoms with E-state index in [1.54, 1.807) is 12.1 Å². The highest BCUT2D eigenvalue weighted by Gasteiger charge is 2.79. The zero-order valence-corrected chi connectivity index (χ0v) is 22.0. The number of methoxy groups -OCH3 is 1. The number of alkyl halides is 3. The maximum absolute atomic E-state index is 14.2. The number of benzene rings is 2. The monoisotopic (exact) mass is 576 g/mol. The van der Waals surface area contributed by atoms with Gasteiger partial charge in [0.1, 0.15) is 17.1 Å². The topological polar surface area (TPSA) is 92.8 Å². The molecule has 2 aliphatic heterocycles. The minimum atomic E-state index is -4.32. The van der Waals surface area contributed by atoms with E-state index < -0.39 is 34.8 Å². The Morgan fingerprint density at radius 1 is 1.12 bits per heavy atom. The Morgan fingerprint density at radius 2 is 1.85 bits per heavy atom. The van der Waals surface area contributed by atoms with Crippen LogP contribution in [0.25, 0.3) is 10.2 Å². The molecule has 0 spiro atoms. The molecule has 8 nitrogen and oxygen atoms in total. The van der Waals surface area contributed by atoms with Gasteiger partial charge >= 0.3 is 6.18 Å². The summed E-state index contributed by atoms with van der Waals surface area (Å²) in [5.74, 6) is -1.76. The molecule has 3 saturated carbocycles. The second kappa shape index (κ2) is 8.53. The lowest BCUT2D eigenvalue weighted by atomic mass is 9.39. The van der Waals surface area contributed by atoms with E-state index in [4.69, 9.17) is 14.5 Å². The average molecular weight is 577 g/mol. The van der Waals surface area contributed by atoms with Crippen molar-refractivity contribution in [3.8, 4) is 5.75 Å². The van der Waals surface area contributed by atoms with Crippen molar-refractivity contribution in [2.24, 2.45) is 5.41 Å². The predicted molar refractivity (Wildman–Crippen MR) is 139 cm³/mol. The fraction of sp³-hybridized carbons (Fsp3) is 0.444. The number of carbonyl (C=O) groups is 2. The van der Waals surface area contributed by atoms with Crippen molar-refractivity contribution in [3.05, 3.63) is 47.3 Å². The second-order valence-corrected chi connectivity index (χ2v) is 12.1. The van der Waals surface area contributed by atoms with Crippen LogP contribution in [0.5, 0.6) is 5.75 Å². The van der Waals surface area contributed by atoms with Gasteiger partial charge in [0.15, 0.2) is 5.13 Å². The number of anilines is 2. The van der Waals surface area contributed by atoms with Crippen molar-refractivity contribution in [1.29, 1.82) is 0 Å². The Kier molecular flexibility index (Phi) is 5.44. The highest BCUT2D eigenvalue weighted by Crippen LogP contribution is 2.73. The van der Waals surface area contributed by atoms with Crippen LogP contribution >= 0.6 is 11.3 Å². The minimum Gasteiger partial charge on any atom is -0.496 e. The van der Waals surface area contributed by atoms with E-state index in [2.05, 4.69) is 15.5 Å². The Balaban J connectivity index is 1.16. The highest BCUT2D eigenvalue weighted by atomic mass is 32.1. The maximum Gasteiger partial charge on any atom is 0.394 e. The summed E-state index contributed by atoms with van der Waals surface area (Å²) in [5.41, 5.74) is -2.04. The Hall–Kier alpha value is -3.45. The lowest BCUT2D eigenvalue weighted by Gasteiger charge is -2.70. The molecule has 3 aliphatic carbocycles. The van der Waals surface area contributed by atoms with Crippen LogP contribution in [0.2, 0.25) is 0 Å². The fourth-order valence-electron chi connectivity index (χ4n) is 6.64. The van der Waals surface area contributed by atoms with Crippen molar-refractivity contribution >= 4 is 44.2 Å². The van der Waals surface area contributed by atoms with E-state index >= 15 is 0 Å². The van der Waals surface area contributed by atoms with Crippen LogP contribution in [0.15, 0.2) is 30.3 Å². The van der Waals surface area contributed by atoms with Crippen LogP contribution in [0, 0.1) is 11.2 Å². The first kappa shape index (κ1) is 25.5. The summed E-state index contributed by atoms with van der Waals surface area (Å²) >= 11 is 1.36. The van der Waals surface area contributed by atoms with Crippen molar-refractivity contribution < 1.29 is 36.6 Å². The number of fused-ring (bicyclic) bond motifs is 3. The highest BCUT2D eigenvalue weighted by molar-refractivity contribution is 7.22. The average Bonchev–Trinajstić information content (AvgIpc) is 3.28. The normalized spacial score (nSPS) is 28.3. The van der Waals surface area contributed by atoms with Crippen molar-refractivity contribution in [3.63, 3.8) is 0 Å². The number of ether oxygens (including phenoxy) is 2. The molecule has 5 fully saturated rings. The van der Waals surface area contributed by atoms with E-state index in [1.807, 2.05) is 0 Å². The molecule has 5 aliphatic rings. The van der Waals surface area contributed by atoms with Gasteiger partial charge in [-0.2, -0.15) is 13.2 Å². The van der Waals surface area contributed by atoms with Gasteiger partial charge in [-0.1, -0.05) is 11.3 Å². The molecule has 40 heavy (non-hydrogen) atoms. The molecule has 1 aromatic heterocycles. The molecule has 2 N–H and O–H groups in total. The number of hydrogen-bond acceptors (Lipinski definition) is 7. The Bertz CT molecular complexity index is 1540. The number of nitrogens with one attached hydrogen (secondary N) is 2. The van der Waals surface area contributed by atoms with Crippen LogP contribution < -0.4 is 20.3 Å². The van der Waals surface area contributed by atoms with Gasteiger partial charge in [0.2, 0.25) is 0 Å². The van der Waals surface area contributed by atoms with E-state index in [9.17, 15) is 27.2 Å². The fourth-order valence-corrected chi connectivity index (χ4v) is 7.88. The molecule has 4 bridgehead atoms. The van der Waals surface area contributed by atoms with Gasteiger partial charge in [-0.25, -0.2) is 9.37 Å². The summed E-state index contributed by atoms with van der Waals surface area (Å²) in [6, 6.07) is 7.20. The SMILES string of the molecule is COc1ccc2nc(N3C4COCC3C4)sc2c1C(=O)Nc1ccc(F)cc1C(=O)NC12CC(C(F)(F)F)(C1)C2. The van der Waals surface area contributed by atoms with Crippen LogP contribution in [0.4, 0.5) is 28.4 Å². The van der Waals surface area contributed by atoms with Gasteiger partial charge in [0.05, 0.1) is 59.3 Å². The van der Waals surface area contributed by atoms with Crippen LogP contribution in [-0.4, -0.2) is 60.9 Å². The first-order valence-electron chi connectivity index (χ1n) is 12.9. The van der Waals surface area contributed by atoms with Gasteiger partial charge in [-0.3, -0.25) is 9.59 Å². The molecule has 2 amide bonds. The molecule has 2 atom stereocenters. The van der Waals surface area contributed by atoms with Crippen molar-refractivity contribution in [1.82, 2.24) is 10.3 Å². The summed E-state index contributed by atoms with van der Waals surface area (Å²) < 4.78 is 65.6. The number of hydrogen-bond donors (Lipinski definition) is 2. The molecule has 3 heterocycles. The van der Waals surface area contributed by atoms with Crippen molar-refractivity contribution in [2.75, 3.05) is 30.5 Å². The molecule has 13 heteroatoms. The molecule has 2 aromatic carbocycles. The molecular weight excluding hydrogens is 552 g/mol. The number of thiazole rings is 1. The molecule has 0 radical (unpaired) electrons. The summed E-state index contributed by atoms with van der Waals surface area (Å²) in [4.78, 5) is 33.7. The van der Waals surface area contributed by atoms with E-state index in [-0.39, 0.29) is 48.2 Å². The minimum absolute atomic E-state index is 0.0271. The number of aromatic nitrogens is 1. The standard InChI is InChI=1S/C27H24F4N4O4S/c1-38-19-5-4-18-21(40-24(33-18)35-14-7-15(35)9-39-8-14)20(19)23(37)32-17-3-2-13(28)6-16(17)22(36)34-26-10-25(11-26,12-26)27(29,30)31/h2-6,14-15H,7-12H2,1H3,(H,32,37)(H,34,36). The lowest BCUT2D eigenvalue weighted by molar-refractivity contribution is -0.336. The smallest absolute Gasteiger partial charge is 0.394 e. The van der Waals surface area contributed by atoms with Crippen molar-refractivity contribution in [2.45, 2.75) is 49.5 Å². The number of halogens is 4. The number of carbonyl (C=O) groups excluding carboxylic acids is 2. The number of rotatable bonds is 6. The van der Waals surface area contributed by atoms with Gasteiger partial charge in [-0.15, -0.1) is 0 Å². The summed E-state index contributed by atoms with van der Waals surface area (Å²) in [6.07, 6.45) is -3.91. The molecule has 8 rings (SSSR count). The second-order valence-electron chi connectivity index (χ2n) is 11.2. The first-order chi connectivity index (χ1) is 19.0. The number of amides is 2. The third-order valence-corrected chi connectivity index (χ3v) is 9.71. The summed E-state index contributed by atoms with van der Waals surface area (Å²) in [5, 5.41) is 6.12. The Morgan fingerprint density at radius 3 is 2.50 bits per heavy atom. The van der Waals surface area contributed by atoms with E-state index in [1.165, 1.54) is 24.5 Å². The first-order valence-corrected chi connectivity index (χ1v) is 13.7. The van der Waals surface area contributed by atoms with Crippen LogP contribution in [-0.2, 0) is 4.74 Å². The third-order valence-electron chi connectivity index (χ3n) is 8.61. The quantitative estimate of drug-likeness (QED) is 0.406. The zero-order valence-electron chi connectivity index (χ0n) is 21.2. The largest absolute Gasteiger partial charge is 0.496 e. The van der Waals surface area contributed by atoms with Crippen LogP contribution in [0.1, 0.15) is 46.4 Å². The molecule has 2 unspecified atom stereocenters. The molecule has 3 aromatic rings. The molecule has 210 valence electrons. The van der Waals surface area contributed by atoms with E-state index in [0.29, 0.717) is 29.2 Å². The third kappa shape index (κ3) is 3.70. The Labute approximate surface area is 229 Å². The molecular formula is C27H24F4N4O4S. The van der Waals surface area contributed by atoms with Gasteiger partial charge in [0, 0.05) is 5.54 Å². The maximum atomic E-state index is 14.2. The number of morpholine rings is 1. The summed E-state index contributed by atoms with van der Waals surface area (Å²) in [6.45, 7) is 1.24. The predicted octanol–water partition coefficient (Wildman–Crippen LogP) is 4.89. The van der Waals surface area contributed by atoms with Gasteiger partial charge in [-0.05, 0) is 56.0 Å². The summed E-state index contributed by atoms with van der Waals surface area (Å²) in [7, 11) is 1.44. The lowest BCUT2D eigenvalue weighted by Crippen LogP contribution is -2.78. The van der Waals surface area contributed by atoms with Gasteiger partial charge in [0.25, 0.3) is 11.8 Å². The molecule has 2 saturated heterocycles. The van der Waals surface area contributed by atoms with Crippen LogP contribution in [0.3, 0.4) is 0 Å².